The highest BCUT2D eigenvalue weighted by Gasteiger charge is 2.04. The monoisotopic (exact) mass is 261 g/mol. The quantitative estimate of drug-likeness (QED) is 0.859. The molecule has 2 aromatic carbocycles. The van der Waals surface area contributed by atoms with Crippen LogP contribution < -0.4 is 10.5 Å². The summed E-state index contributed by atoms with van der Waals surface area (Å²) in [5.41, 5.74) is 7.34. The van der Waals surface area contributed by atoms with Crippen LogP contribution in [0.15, 0.2) is 48.5 Å². The number of nitrogens with two attached hydrogens (primary N) is 1. The molecule has 0 aliphatic carbocycles. The van der Waals surface area contributed by atoms with Crippen LogP contribution in [-0.2, 0) is 6.61 Å². The van der Waals surface area contributed by atoms with Crippen LogP contribution in [-0.4, -0.2) is 4.99 Å². The van der Waals surface area contributed by atoms with Crippen molar-refractivity contribution in [2.75, 3.05) is 0 Å². The van der Waals surface area contributed by atoms with E-state index in [-0.39, 0.29) is 5.82 Å². The number of ether oxygens (including phenoxy) is 1. The Hall–Kier alpha value is -1.94. The van der Waals surface area contributed by atoms with Crippen molar-refractivity contribution >= 4 is 17.2 Å². The molecule has 0 heterocycles. The van der Waals surface area contributed by atoms with Gasteiger partial charge < -0.3 is 10.5 Å². The van der Waals surface area contributed by atoms with Crippen LogP contribution in [0.25, 0.3) is 0 Å². The smallest absolute Gasteiger partial charge is 0.123 e. The van der Waals surface area contributed by atoms with E-state index in [4.69, 9.17) is 22.7 Å². The number of hydrogen-bond donors (Lipinski definition) is 1. The molecular weight excluding hydrogens is 249 g/mol. The van der Waals surface area contributed by atoms with Gasteiger partial charge in [0.05, 0.1) is 0 Å². The van der Waals surface area contributed by atoms with Gasteiger partial charge in [-0.15, -0.1) is 0 Å². The highest BCUT2D eigenvalue weighted by molar-refractivity contribution is 7.80. The Kier molecular flexibility index (Phi) is 3.89. The van der Waals surface area contributed by atoms with Gasteiger partial charge in [-0.05, 0) is 29.8 Å². The third kappa shape index (κ3) is 3.05. The van der Waals surface area contributed by atoms with Gasteiger partial charge in [0.1, 0.15) is 23.2 Å². The normalized spacial score (nSPS) is 10.1. The summed E-state index contributed by atoms with van der Waals surface area (Å²) < 4.78 is 18.3. The van der Waals surface area contributed by atoms with Gasteiger partial charge in [-0.2, -0.15) is 0 Å². The predicted octanol–water partition coefficient (Wildman–Crippen LogP) is 3.04. The van der Waals surface area contributed by atoms with Gasteiger partial charge in [0.2, 0.25) is 0 Å². The molecule has 4 heteroatoms. The zero-order valence-electron chi connectivity index (χ0n) is 9.60. The summed E-state index contributed by atoms with van der Waals surface area (Å²) in [6, 6.07) is 13.4. The molecule has 0 radical (unpaired) electrons. The van der Waals surface area contributed by atoms with Gasteiger partial charge in [0.25, 0.3) is 0 Å². The Morgan fingerprint density at radius 2 is 1.78 bits per heavy atom. The lowest BCUT2D eigenvalue weighted by molar-refractivity contribution is 0.305. The van der Waals surface area contributed by atoms with E-state index in [0.29, 0.717) is 17.3 Å². The average Bonchev–Trinajstić information content (AvgIpc) is 2.38. The third-order valence-corrected chi connectivity index (χ3v) is 2.71. The van der Waals surface area contributed by atoms with Crippen LogP contribution >= 0.6 is 12.2 Å². The first-order valence-electron chi connectivity index (χ1n) is 5.43. The van der Waals surface area contributed by atoms with E-state index in [0.717, 1.165) is 11.1 Å². The summed E-state index contributed by atoms with van der Waals surface area (Å²) in [5.74, 6) is 0.319. The topological polar surface area (TPSA) is 35.2 Å². The number of rotatable bonds is 4. The van der Waals surface area contributed by atoms with Gasteiger partial charge >= 0.3 is 0 Å². The number of hydrogen-bond acceptors (Lipinski definition) is 2. The maximum atomic E-state index is 12.7. The second-order valence-corrected chi connectivity index (χ2v) is 4.20. The van der Waals surface area contributed by atoms with Crippen molar-refractivity contribution in [2.24, 2.45) is 5.73 Å². The van der Waals surface area contributed by atoms with E-state index in [2.05, 4.69) is 0 Å². The lowest BCUT2D eigenvalue weighted by Gasteiger charge is -2.10. The molecule has 0 fully saturated rings. The molecular formula is C14H12FNOS. The summed E-state index contributed by atoms with van der Waals surface area (Å²) in [4.78, 5) is 0.341. The van der Waals surface area contributed by atoms with Gasteiger partial charge in [0, 0.05) is 5.56 Å². The van der Waals surface area contributed by atoms with Crippen molar-refractivity contribution < 1.29 is 9.13 Å². The highest BCUT2D eigenvalue weighted by atomic mass is 32.1. The van der Waals surface area contributed by atoms with Crippen LogP contribution in [0.4, 0.5) is 4.39 Å². The Balaban J connectivity index is 2.10. The van der Waals surface area contributed by atoms with Gasteiger partial charge in [-0.25, -0.2) is 4.39 Å². The van der Waals surface area contributed by atoms with E-state index in [9.17, 15) is 4.39 Å². The third-order valence-electron chi connectivity index (χ3n) is 2.49. The van der Waals surface area contributed by atoms with Crippen LogP contribution in [0.3, 0.4) is 0 Å². The fourth-order valence-electron chi connectivity index (χ4n) is 1.58. The molecule has 0 aliphatic heterocycles. The Labute approximate surface area is 110 Å². The molecule has 92 valence electrons. The van der Waals surface area contributed by atoms with E-state index < -0.39 is 0 Å². The molecule has 0 amide bonds. The zero-order chi connectivity index (χ0) is 13.0. The van der Waals surface area contributed by atoms with Crippen LogP contribution in [0.2, 0.25) is 0 Å². The Bertz CT molecular complexity index is 554. The summed E-state index contributed by atoms with van der Waals surface area (Å²) in [6.45, 7) is 0.346. The van der Waals surface area contributed by atoms with E-state index in [1.807, 2.05) is 24.3 Å². The van der Waals surface area contributed by atoms with E-state index >= 15 is 0 Å². The van der Waals surface area contributed by atoms with Gasteiger partial charge in [0.15, 0.2) is 0 Å². The first kappa shape index (κ1) is 12.5. The molecule has 0 bridgehead atoms. The molecule has 0 atom stereocenters. The van der Waals surface area contributed by atoms with Crippen molar-refractivity contribution in [3.63, 3.8) is 0 Å². The standard InChI is InChI=1S/C14H12FNOS/c15-11-5-7-12(8-6-11)17-9-10-3-1-2-4-13(10)14(16)18/h1-8H,9H2,(H2,16,18). The molecule has 0 saturated heterocycles. The van der Waals surface area contributed by atoms with Crippen molar-refractivity contribution in [2.45, 2.75) is 6.61 Å². The van der Waals surface area contributed by atoms with Crippen molar-refractivity contribution in [1.29, 1.82) is 0 Å². The number of benzene rings is 2. The minimum atomic E-state index is -0.286. The molecule has 0 saturated carbocycles. The van der Waals surface area contributed by atoms with Crippen molar-refractivity contribution in [1.82, 2.24) is 0 Å². The predicted molar refractivity (Wildman–Crippen MR) is 73.1 cm³/mol. The molecule has 0 aromatic heterocycles. The molecule has 2 nitrogen and oxygen atoms in total. The summed E-state index contributed by atoms with van der Waals surface area (Å²) in [7, 11) is 0. The van der Waals surface area contributed by atoms with Gasteiger partial charge in [-0.3, -0.25) is 0 Å². The number of thiocarbonyl (C=S) groups is 1. The average molecular weight is 261 g/mol. The van der Waals surface area contributed by atoms with Crippen molar-refractivity contribution in [3.05, 3.63) is 65.5 Å². The van der Waals surface area contributed by atoms with Crippen molar-refractivity contribution in [3.8, 4) is 5.75 Å². The first-order chi connectivity index (χ1) is 8.66. The molecule has 0 spiro atoms. The second kappa shape index (κ2) is 5.60. The fraction of sp³-hybridized carbons (Fsp3) is 0.0714. The maximum absolute atomic E-state index is 12.7. The van der Waals surface area contributed by atoms with E-state index in [1.165, 1.54) is 12.1 Å². The summed E-state index contributed by atoms with van der Waals surface area (Å²) in [5, 5.41) is 0. The van der Waals surface area contributed by atoms with E-state index in [1.54, 1.807) is 12.1 Å². The SMILES string of the molecule is NC(=S)c1ccccc1COc1ccc(F)cc1. The fourth-order valence-corrected chi connectivity index (χ4v) is 1.78. The Morgan fingerprint density at radius 3 is 2.44 bits per heavy atom. The maximum Gasteiger partial charge on any atom is 0.123 e. The van der Waals surface area contributed by atoms with Crippen LogP contribution in [0.5, 0.6) is 5.75 Å². The highest BCUT2D eigenvalue weighted by Crippen LogP contribution is 2.15. The largest absolute Gasteiger partial charge is 0.489 e. The Morgan fingerprint density at radius 1 is 1.11 bits per heavy atom. The molecule has 2 N–H and O–H groups in total. The lowest BCUT2D eigenvalue weighted by atomic mass is 10.1. The molecule has 0 unspecified atom stereocenters. The number of halogens is 1. The molecule has 2 rings (SSSR count). The molecule has 0 aliphatic rings. The lowest BCUT2D eigenvalue weighted by Crippen LogP contribution is -2.13. The molecule has 2 aromatic rings. The minimum absolute atomic E-state index is 0.286. The molecule has 18 heavy (non-hydrogen) atoms. The second-order valence-electron chi connectivity index (χ2n) is 3.76. The van der Waals surface area contributed by atoms with Crippen LogP contribution in [0.1, 0.15) is 11.1 Å². The zero-order valence-corrected chi connectivity index (χ0v) is 10.4. The van der Waals surface area contributed by atoms with Gasteiger partial charge in [-0.1, -0.05) is 36.5 Å². The van der Waals surface area contributed by atoms with Crippen LogP contribution in [0, 0.1) is 5.82 Å². The summed E-state index contributed by atoms with van der Waals surface area (Å²) in [6.07, 6.45) is 0. The first-order valence-corrected chi connectivity index (χ1v) is 5.84. The summed E-state index contributed by atoms with van der Waals surface area (Å²) >= 11 is 4.97. The minimum Gasteiger partial charge on any atom is -0.489 e.